The third kappa shape index (κ3) is 7.39. The number of aliphatic hydroxyl groups excluding tert-OH is 1. The summed E-state index contributed by atoms with van der Waals surface area (Å²) in [6, 6.07) is 16.0. The zero-order valence-corrected chi connectivity index (χ0v) is 18.6. The summed E-state index contributed by atoms with van der Waals surface area (Å²) < 4.78 is 6.63. The van der Waals surface area contributed by atoms with Crippen molar-refractivity contribution in [1.82, 2.24) is 9.88 Å². The van der Waals surface area contributed by atoms with Gasteiger partial charge in [0, 0.05) is 20.6 Å². The third-order valence-electron chi connectivity index (χ3n) is 5.31. The van der Waals surface area contributed by atoms with Crippen molar-refractivity contribution in [3.05, 3.63) is 58.6 Å². The van der Waals surface area contributed by atoms with E-state index in [1.165, 1.54) is 49.8 Å². The first-order valence-corrected chi connectivity index (χ1v) is 10.9. The summed E-state index contributed by atoms with van der Waals surface area (Å²) in [6.45, 7) is 2.50. The summed E-state index contributed by atoms with van der Waals surface area (Å²) in [5.74, 6) is -0.353. The molecule has 31 heavy (non-hydrogen) atoms. The highest BCUT2D eigenvalue weighted by molar-refractivity contribution is 5.80. The third-order valence-corrected chi connectivity index (χ3v) is 5.31. The molecule has 2 N–H and O–H groups in total. The van der Waals surface area contributed by atoms with Crippen LogP contribution in [0.15, 0.2) is 51.7 Å². The zero-order chi connectivity index (χ0) is 22.5. The van der Waals surface area contributed by atoms with Crippen LogP contribution in [0.4, 0.5) is 0 Å². The fourth-order valence-corrected chi connectivity index (χ4v) is 3.53. The van der Waals surface area contributed by atoms with Gasteiger partial charge in [0.2, 0.25) is 0 Å². The molecule has 1 fully saturated rings. The molecule has 2 heterocycles. The molecule has 4 rings (SSSR count). The van der Waals surface area contributed by atoms with Gasteiger partial charge in [-0.15, -0.1) is 0 Å². The molecule has 0 unspecified atom stereocenters. The second-order valence-electron chi connectivity index (χ2n) is 7.48. The number of nitrogens with zero attached hydrogens (tertiary/aromatic N) is 2. The van der Waals surface area contributed by atoms with Gasteiger partial charge in [0.1, 0.15) is 0 Å². The van der Waals surface area contributed by atoms with E-state index in [-0.39, 0.29) is 5.76 Å². The molecule has 6 nitrogen and oxygen atoms in total. The number of aromatic nitrogens is 1. The van der Waals surface area contributed by atoms with E-state index in [0.29, 0.717) is 12.0 Å². The van der Waals surface area contributed by atoms with E-state index in [2.05, 4.69) is 11.4 Å². The normalized spacial score (nSPS) is 13.6. The van der Waals surface area contributed by atoms with E-state index in [1.54, 1.807) is 7.05 Å². The lowest BCUT2D eigenvalue weighted by Gasteiger charge is -2.08. The number of rotatable bonds is 3. The van der Waals surface area contributed by atoms with Crippen LogP contribution in [0.5, 0.6) is 0 Å². The predicted octanol–water partition coefficient (Wildman–Crippen LogP) is 4.40. The minimum atomic E-state index is -0.353. The Kier molecular flexibility index (Phi) is 10.6. The average molecular weight is 424 g/mol. The monoisotopic (exact) mass is 423 g/mol. The number of aryl methyl sites for hydroxylation is 2. The molecule has 0 aliphatic carbocycles. The van der Waals surface area contributed by atoms with Crippen molar-refractivity contribution < 1.29 is 9.52 Å². The van der Waals surface area contributed by atoms with Gasteiger partial charge in [0.15, 0.2) is 5.58 Å². The number of nitriles is 1. The predicted molar refractivity (Wildman–Crippen MR) is 125 cm³/mol. The van der Waals surface area contributed by atoms with Gasteiger partial charge in [0.25, 0.3) is 0 Å². The molecule has 0 atom stereocenters. The van der Waals surface area contributed by atoms with E-state index in [9.17, 15) is 4.79 Å². The van der Waals surface area contributed by atoms with Gasteiger partial charge >= 0.3 is 5.76 Å². The first kappa shape index (κ1) is 24.4. The number of hydrogen-bond acceptors (Lipinski definition) is 5. The van der Waals surface area contributed by atoms with E-state index in [0.717, 1.165) is 35.7 Å². The van der Waals surface area contributed by atoms with Gasteiger partial charge in [-0.05, 0) is 61.2 Å². The Balaban J connectivity index is 0.000000286. The lowest BCUT2D eigenvalue weighted by Crippen LogP contribution is -2.18. The molecule has 1 aliphatic heterocycles. The molecular formula is C25H33N3O3. The molecule has 0 spiro atoms. The number of hydrogen-bond donors (Lipinski definition) is 2. The second kappa shape index (κ2) is 13.4. The van der Waals surface area contributed by atoms with Crippen LogP contribution in [-0.4, -0.2) is 29.9 Å². The summed E-state index contributed by atoms with van der Waals surface area (Å²) in [4.78, 5) is 11.5. The summed E-state index contributed by atoms with van der Waals surface area (Å²) >= 11 is 0. The molecule has 3 aromatic rings. The Bertz CT molecular complexity index is 989. The summed E-state index contributed by atoms with van der Waals surface area (Å²) in [6.07, 6.45) is 8.41. The van der Waals surface area contributed by atoms with Crippen LogP contribution >= 0.6 is 0 Å². The van der Waals surface area contributed by atoms with Gasteiger partial charge in [-0.2, -0.15) is 5.26 Å². The van der Waals surface area contributed by atoms with Crippen LogP contribution in [0.25, 0.3) is 22.2 Å². The Morgan fingerprint density at radius 2 is 1.61 bits per heavy atom. The zero-order valence-electron chi connectivity index (χ0n) is 18.6. The highest BCUT2D eigenvalue weighted by Crippen LogP contribution is 2.24. The summed E-state index contributed by atoms with van der Waals surface area (Å²) in [5, 5.41) is 19.0. The molecule has 0 radical (unpaired) electrons. The molecule has 0 saturated carbocycles. The Hall–Kier alpha value is -2.88. The van der Waals surface area contributed by atoms with E-state index in [1.807, 2.05) is 42.5 Å². The van der Waals surface area contributed by atoms with Crippen LogP contribution in [0, 0.1) is 11.3 Å². The number of benzene rings is 2. The molecule has 166 valence electrons. The van der Waals surface area contributed by atoms with Crippen molar-refractivity contribution in [2.24, 2.45) is 7.05 Å². The van der Waals surface area contributed by atoms with Gasteiger partial charge in [-0.1, -0.05) is 49.6 Å². The first-order chi connectivity index (χ1) is 15.2. The molecule has 1 saturated heterocycles. The Morgan fingerprint density at radius 3 is 2.26 bits per heavy atom. The van der Waals surface area contributed by atoms with Gasteiger partial charge < -0.3 is 14.8 Å². The lowest BCUT2D eigenvalue weighted by atomic mass is 10.0. The molecule has 6 heteroatoms. The highest BCUT2D eigenvalue weighted by atomic mass is 16.4. The maximum atomic E-state index is 11.5. The first-order valence-electron chi connectivity index (χ1n) is 10.9. The van der Waals surface area contributed by atoms with Crippen LogP contribution < -0.4 is 11.1 Å². The molecule has 1 aromatic heterocycles. The SMILES string of the molecule is C1CCCNCCC1.CO.Cn1c(=O)oc2ccc(-c3ccc(CCC#N)cc3)cc21. The summed E-state index contributed by atoms with van der Waals surface area (Å²) in [5.41, 5.74) is 4.64. The summed E-state index contributed by atoms with van der Waals surface area (Å²) in [7, 11) is 2.70. The van der Waals surface area contributed by atoms with Crippen LogP contribution in [-0.2, 0) is 13.5 Å². The molecular weight excluding hydrogens is 390 g/mol. The molecule has 1 aliphatic rings. The number of aliphatic hydroxyl groups is 1. The average Bonchev–Trinajstić information content (AvgIpc) is 3.07. The number of nitrogens with one attached hydrogen (secondary N) is 1. The minimum Gasteiger partial charge on any atom is -0.408 e. The minimum absolute atomic E-state index is 0.353. The Morgan fingerprint density at radius 1 is 1.00 bits per heavy atom. The largest absolute Gasteiger partial charge is 0.419 e. The topological polar surface area (TPSA) is 91.2 Å². The van der Waals surface area contributed by atoms with E-state index >= 15 is 0 Å². The van der Waals surface area contributed by atoms with Crippen molar-refractivity contribution in [2.75, 3.05) is 20.2 Å². The van der Waals surface area contributed by atoms with Crippen LogP contribution in [0.3, 0.4) is 0 Å². The van der Waals surface area contributed by atoms with Crippen LogP contribution in [0.2, 0.25) is 0 Å². The van der Waals surface area contributed by atoms with Gasteiger partial charge in [0.05, 0.1) is 11.6 Å². The van der Waals surface area contributed by atoms with Crippen molar-refractivity contribution in [3.63, 3.8) is 0 Å². The fourth-order valence-electron chi connectivity index (χ4n) is 3.53. The Labute approximate surface area is 184 Å². The molecule has 0 amide bonds. The standard InChI is InChI=1S/C17H14N2O2.C7H15N.CH4O/c1-19-15-11-14(8-9-16(15)21-17(19)20)13-6-4-12(5-7-13)3-2-10-18;1-2-4-6-8-7-5-3-1;1-2/h4-9,11H,2-3H2,1H3;8H,1-7H2;2H,1H3. The van der Waals surface area contributed by atoms with E-state index < -0.39 is 0 Å². The smallest absolute Gasteiger partial charge is 0.408 e. The van der Waals surface area contributed by atoms with Crippen molar-refractivity contribution in [1.29, 1.82) is 5.26 Å². The van der Waals surface area contributed by atoms with Crippen molar-refractivity contribution in [3.8, 4) is 17.2 Å². The number of fused-ring (bicyclic) bond motifs is 1. The molecule has 2 aromatic carbocycles. The maximum Gasteiger partial charge on any atom is 0.419 e. The molecule has 0 bridgehead atoms. The fraction of sp³-hybridized carbons (Fsp3) is 0.440. The van der Waals surface area contributed by atoms with Crippen molar-refractivity contribution in [2.45, 2.75) is 44.9 Å². The second-order valence-corrected chi connectivity index (χ2v) is 7.48. The number of oxazole rings is 1. The maximum absolute atomic E-state index is 11.5. The van der Waals surface area contributed by atoms with Crippen molar-refractivity contribution >= 4 is 11.1 Å². The van der Waals surface area contributed by atoms with E-state index in [4.69, 9.17) is 14.8 Å². The van der Waals surface area contributed by atoms with Crippen LogP contribution in [0.1, 0.15) is 44.1 Å². The van der Waals surface area contributed by atoms with Gasteiger partial charge in [-0.25, -0.2) is 4.79 Å². The lowest BCUT2D eigenvalue weighted by molar-refractivity contribution is 0.399. The highest BCUT2D eigenvalue weighted by Gasteiger charge is 2.07. The quantitative estimate of drug-likeness (QED) is 0.651. The van der Waals surface area contributed by atoms with Gasteiger partial charge in [-0.3, -0.25) is 4.57 Å².